The van der Waals surface area contributed by atoms with Crippen molar-refractivity contribution in [3.8, 4) is 0 Å². The maximum Gasteiger partial charge on any atom is 0.0395 e. The fourth-order valence-corrected chi connectivity index (χ4v) is 1.82. The summed E-state index contributed by atoms with van der Waals surface area (Å²) < 4.78 is 0. The van der Waals surface area contributed by atoms with Crippen LogP contribution in [0.25, 0.3) is 0 Å². The Kier molecular flexibility index (Phi) is 1.37. The standard InChI is InChI=1S/C9H13N/c1-7-2-3-9-8(6-7)4-5-10-9/h5,7H,2-4,6H2,1H3/t7-/m0/s1. The number of nitrogens with zero attached hydrogens (tertiary/aromatic N) is 1. The van der Waals surface area contributed by atoms with Gasteiger partial charge in [-0.2, -0.15) is 0 Å². The molecule has 0 aromatic heterocycles. The topological polar surface area (TPSA) is 12.4 Å². The quantitative estimate of drug-likeness (QED) is 0.484. The van der Waals surface area contributed by atoms with Gasteiger partial charge in [-0.25, -0.2) is 0 Å². The second-order valence-electron chi connectivity index (χ2n) is 3.41. The normalized spacial score (nSPS) is 31.1. The predicted octanol–water partition coefficient (Wildman–Crippen LogP) is 2.54. The lowest BCUT2D eigenvalue weighted by Crippen LogP contribution is -2.03. The van der Waals surface area contributed by atoms with Gasteiger partial charge in [0.05, 0.1) is 0 Å². The van der Waals surface area contributed by atoms with Gasteiger partial charge in [-0.15, -0.1) is 0 Å². The third kappa shape index (κ3) is 0.898. The first kappa shape index (κ1) is 6.14. The molecule has 1 heteroatoms. The van der Waals surface area contributed by atoms with E-state index < -0.39 is 0 Å². The van der Waals surface area contributed by atoms with E-state index in [-0.39, 0.29) is 0 Å². The van der Waals surface area contributed by atoms with E-state index in [4.69, 9.17) is 0 Å². The van der Waals surface area contributed by atoms with Crippen molar-refractivity contribution in [1.29, 1.82) is 0 Å². The SMILES string of the molecule is C[C@H]1CCC2=C(CC=N2)C1. The van der Waals surface area contributed by atoms with Gasteiger partial charge in [-0.3, -0.25) is 4.99 Å². The molecule has 0 N–H and O–H groups in total. The summed E-state index contributed by atoms with van der Waals surface area (Å²) in [6.07, 6.45) is 7.07. The predicted molar refractivity (Wildman–Crippen MR) is 43.2 cm³/mol. The summed E-state index contributed by atoms with van der Waals surface area (Å²) in [5.41, 5.74) is 3.01. The first-order valence-corrected chi connectivity index (χ1v) is 4.09. The van der Waals surface area contributed by atoms with E-state index in [1.165, 1.54) is 25.0 Å². The van der Waals surface area contributed by atoms with Crippen molar-refractivity contribution < 1.29 is 0 Å². The molecule has 1 aliphatic carbocycles. The van der Waals surface area contributed by atoms with Crippen molar-refractivity contribution in [1.82, 2.24) is 0 Å². The minimum atomic E-state index is 0.903. The molecule has 1 nitrogen and oxygen atoms in total. The molecule has 0 spiro atoms. The Labute approximate surface area is 61.9 Å². The van der Waals surface area contributed by atoms with E-state index in [0.717, 1.165) is 12.3 Å². The van der Waals surface area contributed by atoms with Gasteiger partial charge < -0.3 is 0 Å². The van der Waals surface area contributed by atoms with Crippen LogP contribution in [-0.4, -0.2) is 6.21 Å². The van der Waals surface area contributed by atoms with Crippen LogP contribution < -0.4 is 0 Å². The fourth-order valence-electron chi connectivity index (χ4n) is 1.82. The smallest absolute Gasteiger partial charge is 0.0395 e. The first-order chi connectivity index (χ1) is 4.86. The molecule has 0 fully saturated rings. The van der Waals surface area contributed by atoms with Gasteiger partial charge in [0, 0.05) is 18.3 Å². The van der Waals surface area contributed by atoms with Crippen LogP contribution in [0, 0.1) is 5.92 Å². The molecular weight excluding hydrogens is 122 g/mol. The highest BCUT2D eigenvalue weighted by Crippen LogP contribution is 2.33. The van der Waals surface area contributed by atoms with Crippen molar-refractivity contribution in [3.63, 3.8) is 0 Å². The summed E-state index contributed by atoms with van der Waals surface area (Å²) in [5.74, 6) is 0.903. The molecule has 0 saturated heterocycles. The van der Waals surface area contributed by atoms with Gasteiger partial charge in [0.1, 0.15) is 0 Å². The van der Waals surface area contributed by atoms with Gasteiger partial charge >= 0.3 is 0 Å². The average molecular weight is 135 g/mol. The van der Waals surface area contributed by atoms with Crippen LogP contribution in [0.5, 0.6) is 0 Å². The third-order valence-electron chi connectivity index (χ3n) is 2.46. The number of hydrogen-bond acceptors (Lipinski definition) is 1. The Morgan fingerprint density at radius 3 is 3.40 bits per heavy atom. The van der Waals surface area contributed by atoms with Gasteiger partial charge in [0.25, 0.3) is 0 Å². The minimum Gasteiger partial charge on any atom is -0.265 e. The summed E-state index contributed by atoms with van der Waals surface area (Å²) in [7, 11) is 0. The van der Waals surface area contributed by atoms with Crippen molar-refractivity contribution in [2.75, 3.05) is 0 Å². The summed E-state index contributed by atoms with van der Waals surface area (Å²) >= 11 is 0. The summed E-state index contributed by atoms with van der Waals surface area (Å²) in [5, 5.41) is 0. The molecule has 0 unspecified atom stereocenters. The highest BCUT2D eigenvalue weighted by atomic mass is 14.8. The minimum absolute atomic E-state index is 0.903. The van der Waals surface area contributed by atoms with E-state index in [9.17, 15) is 0 Å². The van der Waals surface area contributed by atoms with E-state index in [1.807, 2.05) is 0 Å². The maximum absolute atomic E-state index is 4.35. The largest absolute Gasteiger partial charge is 0.265 e. The van der Waals surface area contributed by atoms with Crippen LogP contribution in [0.1, 0.15) is 32.6 Å². The van der Waals surface area contributed by atoms with Gasteiger partial charge in [-0.05, 0) is 30.8 Å². The Hall–Kier alpha value is -0.590. The lowest BCUT2D eigenvalue weighted by Gasteiger charge is -2.18. The van der Waals surface area contributed by atoms with Gasteiger partial charge in [0.15, 0.2) is 0 Å². The third-order valence-corrected chi connectivity index (χ3v) is 2.46. The number of rotatable bonds is 0. The van der Waals surface area contributed by atoms with E-state index in [0.29, 0.717) is 0 Å². The molecule has 1 aliphatic heterocycles. The molecule has 0 bridgehead atoms. The molecule has 2 rings (SSSR count). The molecule has 10 heavy (non-hydrogen) atoms. The molecule has 1 atom stereocenters. The molecule has 0 aromatic carbocycles. The lowest BCUT2D eigenvalue weighted by molar-refractivity contribution is 0.495. The molecular formula is C9H13N. The monoisotopic (exact) mass is 135 g/mol. The van der Waals surface area contributed by atoms with Crippen molar-refractivity contribution in [2.24, 2.45) is 10.9 Å². The molecule has 0 radical (unpaired) electrons. The highest BCUT2D eigenvalue weighted by molar-refractivity contribution is 5.67. The van der Waals surface area contributed by atoms with Gasteiger partial charge in [0.2, 0.25) is 0 Å². The average Bonchev–Trinajstić information content (AvgIpc) is 2.33. The van der Waals surface area contributed by atoms with Crippen molar-refractivity contribution in [2.45, 2.75) is 32.6 Å². The van der Waals surface area contributed by atoms with Gasteiger partial charge in [-0.1, -0.05) is 6.92 Å². The maximum atomic E-state index is 4.35. The van der Waals surface area contributed by atoms with Crippen LogP contribution in [0.3, 0.4) is 0 Å². The summed E-state index contributed by atoms with van der Waals surface area (Å²) in [4.78, 5) is 4.35. The number of hydrogen-bond donors (Lipinski definition) is 0. The van der Waals surface area contributed by atoms with E-state index in [2.05, 4.69) is 18.1 Å². The fraction of sp³-hybridized carbons (Fsp3) is 0.667. The zero-order valence-electron chi connectivity index (χ0n) is 6.43. The second kappa shape index (κ2) is 2.22. The number of aliphatic imine (C=N–C) groups is 1. The molecule has 0 amide bonds. The van der Waals surface area contributed by atoms with Crippen LogP contribution >= 0.6 is 0 Å². The van der Waals surface area contributed by atoms with E-state index in [1.54, 1.807) is 5.57 Å². The van der Waals surface area contributed by atoms with Crippen molar-refractivity contribution in [3.05, 3.63) is 11.3 Å². The van der Waals surface area contributed by atoms with E-state index >= 15 is 0 Å². The molecule has 2 aliphatic rings. The number of allylic oxidation sites excluding steroid dienone is 2. The Bertz CT molecular complexity index is 201. The summed E-state index contributed by atoms with van der Waals surface area (Å²) in [6.45, 7) is 2.34. The summed E-state index contributed by atoms with van der Waals surface area (Å²) in [6, 6.07) is 0. The first-order valence-electron chi connectivity index (χ1n) is 4.09. The zero-order valence-corrected chi connectivity index (χ0v) is 6.43. The van der Waals surface area contributed by atoms with Crippen LogP contribution in [0.15, 0.2) is 16.3 Å². The lowest BCUT2D eigenvalue weighted by atomic mass is 9.88. The molecule has 0 aromatic rings. The molecule has 0 saturated carbocycles. The van der Waals surface area contributed by atoms with Crippen LogP contribution in [-0.2, 0) is 0 Å². The zero-order chi connectivity index (χ0) is 6.97. The highest BCUT2D eigenvalue weighted by Gasteiger charge is 2.18. The van der Waals surface area contributed by atoms with Crippen molar-refractivity contribution >= 4 is 6.21 Å². The van der Waals surface area contributed by atoms with Crippen LogP contribution in [0.2, 0.25) is 0 Å². The Morgan fingerprint density at radius 1 is 1.60 bits per heavy atom. The Balaban J connectivity index is 2.18. The molecule has 54 valence electrons. The molecule has 1 heterocycles. The Morgan fingerprint density at radius 2 is 2.50 bits per heavy atom. The second-order valence-corrected chi connectivity index (χ2v) is 3.41. The van der Waals surface area contributed by atoms with Crippen LogP contribution in [0.4, 0.5) is 0 Å².